The molecule has 0 aliphatic heterocycles. The average Bonchev–Trinajstić information content (AvgIpc) is 2.43. The van der Waals surface area contributed by atoms with Crippen LogP contribution >= 0.6 is 0 Å². The Morgan fingerprint density at radius 2 is 1.78 bits per heavy atom. The van der Waals surface area contributed by atoms with Crippen molar-refractivity contribution in [1.82, 2.24) is 5.32 Å². The number of hydrogen-bond donors (Lipinski definition) is 4. The number of carbonyl (C=O) groups excluding carboxylic acids is 1. The van der Waals surface area contributed by atoms with Gasteiger partial charge < -0.3 is 25.4 Å². The second kappa shape index (κ2) is 8.06. The summed E-state index contributed by atoms with van der Waals surface area (Å²) >= 11 is 0. The molecule has 1 aromatic carbocycles. The zero-order valence-corrected chi connectivity index (χ0v) is 14.2. The molecule has 1 rings (SSSR count). The summed E-state index contributed by atoms with van der Waals surface area (Å²) in [4.78, 5) is 12.0. The second-order valence-corrected chi connectivity index (χ2v) is 6.66. The fourth-order valence-corrected chi connectivity index (χ4v) is 1.96. The van der Waals surface area contributed by atoms with Crippen molar-refractivity contribution in [2.45, 2.75) is 46.1 Å². The molecular weight excluding hydrogens is 298 g/mol. The molecule has 1 amide bonds. The van der Waals surface area contributed by atoms with Gasteiger partial charge in [-0.05, 0) is 44.7 Å². The van der Waals surface area contributed by atoms with E-state index in [-0.39, 0.29) is 11.2 Å². The van der Waals surface area contributed by atoms with Crippen molar-refractivity contribution in [3.8, 4) is 17.2 Å². The van der Waals surface area contributed by atoms with Crippen LogP contribution < -0.4 is 5.32 Å². The monoisotopic (exact) mass is 325 g/mol. The van der Waals surface area contributed by atoms with Gasteiger partial charge in [0.05, 0.1) is 5.60 Å². The van der Waals surface area contributed by atoms with Crippen LogP contribution in [0.2, 0.25) is 0 Å². The summed E-state index contributed by atoms with van der Waals surface area (Å²) in [7, 11) is 0. The van der Waals surface area contributed by atoms with Crippen LogP contribution in [0.4, 0.5) is 0 Å². The molecule has 0 atom stereocenters. The number of carbonyl (C=O) groups is 1. The van der Waals surface area contributed by atoms with E-state index in [1.807, 2.05) is 13.8 Å². The third kappa shape index (κ3) is 6.36. The predicted molar refractivity (Wildman–Crippen MR) is 87.9 cm³/mol. The number of aromatic hydroxyl groups is 3. The normalized spacial score (nSPS) is 11.7. The van der Waals surface area contributed by atoms with Crippen LogP contribution in [0.3, 0.4) is 0 Å². The molecule has 0 aliphatic rings. The Bertz CT molecular complexity index is 517. The molecule has 130 valence electrons. The largest absolute Gasteiger partial charge is 0.504 e. The molecule has 0 saturated heterocycles. The Balaban J connectivity index is 2.47. The minimum Gasteiger partial charge on any atom is -0.504 e. The van der Waals surface area contributed by atoms with Crippen molar-refractivity contribution in [1.29, 1.82) is 0 Å². The van der Waals surface area contributed by atoms with Crippen molar-refractivity contribution in [2.75, 3.05) is 13.2 Å². The molecule has 1 aromatic rings. The highest BCUT2D eigenvalue weighted by Gasteiger charge is 2.19. The molecule has 0 spiro atoms. The summed E-state index contributed by atoms with van der Waals surface area (Å²) in [5, 5.41) is 30.8. The van der Waals surface area contributed by atoms with Gasteiger partial charge in [-0.15, -0.1) is 0 Å². The molecule has 4 N–H and O–H groups in total. The Morgan fingerprint density at radius 1 is 1.22 bits per heavy atom. The quantitative estimate of drug-likeness (QED) is 0.551. The lowest BCUT2D eigenvalue weighted by atomic mass is 10.0. The van der Waals surface area contributed by atoms with Crippen LogP contribution in [-0.2, 0) is 4.74 Å². The van der Waals surface area contributed by atoms with Gasteiger partial charge in [0.2, 0.25) is 0 Å². The van der Waals surface area contributed by atoms with Gasteiger partial charge in [0.15, 0.2) is 17.2 Å². The zero-order valence-electron chi connectivity index (χ0n) is 14.2. The van der Waals surface area contributed by atoms with Gasteiger partial charge in [-0.1, -0.05) is 13.8 Å². The molecule has 23 heavy (non-hydrogen) atoms. The third-order valence-corrected chi connectivity index (χ3v) is 3.53. The molecule has 0 saturated carbocycles. The van der Waals surface area contributed by atoms with Crippen molar-refractivity contribution in [3.05, 3.63) is 17.7 Å². The highest BCUT2D eigenvalue weighted by atomic mass is 16.5. The average molecular weight is 325 g/mol. The Hall–Kier alpha value is -1.95. The fourth-order valence-electron chi connectivity index (χ4n) is 1.96. The van der Waals surface area contributed by atoms with E-state index >= 15 is 0 Å². The van der Waals surface area contributed by atoms with Gasteiger partial charge in [-0.3, -0.25) is 4.79 Å². The lowest BCUT2D eigenvalue weighted by Crippen LogP contribution is -2.33. The third-order valence-electron chi connectivity index (χ3n) is 3.53. The van der Waals surface area contributed by atoms with Gasteiger partial charge in [0.25, 0.3) is 5.91 Å². The predicted octanol–water partition coefficient (Wildman–Crippen LogP) is 2.76. The van der Waals surface area contributed by atoms with Gasteiger partial charge in [-0.2, -0.15) is 0 Å². The van der Waals surface area contributed by atoms with Crippen molar-refractivity contribution < 1.29 is 24.9 Å². The maximum absolute atomic E-state index is 12.0. The number of nitrogens with one attached hydrogen (secondary N) is 1. The number of ether oxygens (including phenoxy) is 1. The van der Waals surface area contributed by atoms with Crippen LogP contribution in [-0.4, -0.2) is 40.0 Å². The van der Waals surface area contributed by atoms with Crippen molar-refractivity contribution in [3.63, 3.8) is 0 Å². The summed E-state index contributed by atoms with van der Waals surface area (Å²) in [6.07, 6.45) is 1.62. The Labute approximate surface area is 137 Å². The summed E-state index contributed by atoms with van der Waals surface area (Å²) in [5.74, 6) is -1.56. The molecule has 6 heteroatoms. The van der Waals surface area contributed by atoms with E-state index in [2.05, 4.69) is 19.2 Å². The number of phenolic OH excluding ortho intramolecular Hbond substituents is 3. The molecule has 0 heterocycles. The number of phenols is 3. The first kappa shape index (κ1) is 19.1. The highest BCUT2D eigenvalue weighted by Crippen LogP contribution is 2.35. The summed E-state index contributed by atoms with van der Waals surface area (Å²) in [6.45, 7) is 9.29. The molecule has 0 bridgehead atoms. The van der Waals surface area contributed by atoms with Crippen LogP contribution in [0.15, 0.2) is 12.1 Å². The first-order valence-electron chi connectivity index (χ1n) is 7.79. The first-order valence-corrected chi connectivity index (χ1v) is 7.79. The van der Waals surface area contributed by atoms with Gasteiger partial charge in [-0.25, -0.2) is 0 Å². The number of benzene rings is 1. The zero-order chi connectivity index (χ0) is 17.6. The topological polar surface area (TPSA) is 99.0 Å². The summed E-state index contributed by atoms with van der Waals surface area (Å²) < 4.78 is 5.82. The first-order chi connectivity index (χ1) is 10.6. The number of rotatable bonds is 8. The molecule has 0 unspecified atom stereocenters. The molecule has 0 aliphatic carbocycles. The SMILES string of the molecule is CC(C)CCOC(C)(C)CCNC(=O)c1cc(O)c(O)c(O)c1. The summed E-state index contributed by atoms with van der Waals surface area (Å²) in [6, 6.07) is 2.21. The lowest BCUT2D eigenvalue weighted by molar-refractivity contribution is -0.0269. The van der Waals surface area contributed by atoms with E-state index in [1.54, 1.807) is 0 Å². The lowest BCUT2D eigenvalue weighted by Gasteiger charge is -2.26. The van der Waals surface area contributed by atoms with Crippen molar-refractivity contribution >= 4 is 5.91 Å². The van der Waals surface area contributed by atoms with E-state index in [9.17, 15) is 20.1 Å². The highest BCUT2D eigenvalue weighted by molar-refractivity contribution is 5.95. The standard InChI is InChI=1S/C17H27NO5/c1-11(2)5-8-23-17(3,4)6-7-18-16(22)12-9-13(19)15(21)14(20)10-12/h9-11,19-21H,5-8H2,1-4H3,(H,18,22). The van der Waals surface area contributed by atoms with E-state index in [4.69, 9.17) is 4.74 Å². The molecular formula is C17H27NO5. The van der Waals surface area contributed by atoms with Crippen LogP contribution in [0, 0.1) is 5.92 Å². The van der Waals surface area contributed by atoms with Crippen LogP contribution in [0.1, 0.15) is 50.9 Å². The molecule has 0 fully saturated rings. The number of hydrogen-bond acceptors (Lipinski definition) is 5. The molecule has 0 aromatic heterocycles. The van der Waals surface area contributed by atoms with E-state index in [1.165, 1.54) is 0 Å². The Kier molecular flexibility index (Phi) is 6.69. The minimum absolute atomic E-state index is 0.0799. The van der Waals surface area contributed by atoms with Crippen molar-refractivity contribution in [2.24, 2.45) is 5.92 Å². The summed E-state index contributed by atoms with van der Waals surface area (Å²) in [5.41, 5.74) is -0.266. The Morgan fingerprint density at radius 3 is 2.30 bits per heavy atom. The molecule has 0 radical (unpaired) electrons. The molecule has 6 nitrogen and oxygen atoms in total. The fraction of sp³-hybridized carbons (Fsp3) is 0.588. The smallest absolute Gasteiger partial charge is 0.251 e. The minimum atomic E-state index is -0.638. The maximum atomic E-state index is 12.0. The number of amides is 1. The van der Waals surface area contributed by atoms with Crippen LogP contribution in [0.5, 0.6) is 17.2 Å². The maximum Gasteiger partial charge on any atom is 0.251 e. The van der Waals surface area contributed by atoms with Crippen LogP contribution in [0.25, 0.3) is 0 Å². The second-order valence-electron chi connectivity index (χ2n) is 6.66. The van der Waals surface area contributed by atoms with E-state index in [0.717, 1.165) is 18.6 Å². The van der Waals surface area contributed by atoms with E-state index in [0.29, 0.717) is 25.5 Å². The van der Waals surface area contributed by atoms with Gasteiger partial charge in [0, 0.05) is 18.7 Å². The van der Waals surface area contributed by atoms with E-state index < -0.39 is 23.2 Å². The van der Waals surface area contributed by atoms with Gasteiger partial charge >= 0.3 is 0 Å². The van der Waals surface area contributed by atoms with Gasteiger partial charge in [0.1, 0.15) is 0 Å².